The molecule has 2 unspecified atom stereocenters. The normalized spacial score (nSPS) is 22.6. The molecule has 3 aliphatic rings. The maximum atomic E-state index is 13.1. The number of hydrogen-bond donors (Lipinski definition) is 1. The van der Waals surface area contributed by atoms with Crippen LogP contribution in [0.3, 0.4) is 0 Å². The largest absolute Gasteiger partial charge is 0.373 e. The van der Waals surface area contributed by atoms with Crippen LogP contribution in [-0.2, 0) is 11.3 Å². The van der Waals surface area contributed by atoms with Gasteiger partial charge in [-0.2, -0.15) is 5.26 Å². The van der Waals surface area contributed by atoms with Gasteiger partial charge in [0.15, 0.2) is 0 Å². The Kier molecular flexibility index (Phi) is 6.58. The number of hydrogen-bond acceptors (Lipinski definition) is 5. The van der Waals surface area contributed by atoms with Crippen LogP contribution in [0.5, 0.6) is 0 Å². The molecule has 0 spiro atoms. The highest BCUT2D eigenvalue weighted by Gasteiger charge is 2.44. The maximum Gasteiger partial charge on any atom is 0.322 e. The molecule has 3 fully saturated rings. The van der Waals surface area contributed by atoms with Gasteiger partial charge in [0.25, 0.3) is 0 Å². The molecule has 1 aliphatic carbocycles. The molecule has 2 bridgehead atoms. The summed E-state index contributed by atoms with van der Waals surface area (Å²) in [7, 11) is 0. The van der Waals surface area contributed by atoms with E-state index >= 15 is 0 Å². The lowest BCUT2D eigenvalue weighted by atomic mass is 9.99. The number of benzene rings is 2. The molecule has 1 N–H and O–H groups in total. The van der Waals surface area contributed by atoms with E-state index in [0.29, 0.717) is 45.1 Å². The molecule has 1 aromatic heterocycles. The zero-order valence-corrected chi connectivity index (χ0v) is 21.6. The fourth-order valence-electron chi connectivity index (χ4n) is 5.70. The molecular weight excluding hydrogens is 511 g/mol. The first-order valence-corrected chi connectivity index (χ1v) is 13.4. The first-order valence-electron chi connectivity index (χ1n) is 12.7. The Labute approximate surface area is 225 Å². The predicted octanol–water partition coefficient (Wildman–Crippen LogP) is 7.14. The second-order valence-corrected chi connectivity index (χ2v) is 10.9. The van der Waals surface area contributed by atoms with Gasteiger partial charge in [-0.25, -0.2) is 4.79 Å². The number of carbonyl (C=O) groups excluding carboxylic acids is 1. The van der Waals surface area contributed by atoms with Gasteiger partial charge in [0.05, 0.1) is 34.4 Å². The monoisotopic (exact) mass is 536 g/mol. The van der Waals surface area contributed by atoms with Crippen molar-refractivity contribution in [1.29, 1.82) is 5.26 Å². The predicted molar refractivity (Wildman–Crippen MR) is 141 cm³/mol. The summed E-state index contributed by atoms with van der Waals surface area (Å²) in [6.45, 7) is 0.365. The molecule has 9 heteroatoms. The van der Waals surface area contributed by atoms with Crippen molar-refractivity contribution in [2.24, 2.45) is 0 Å². The summed E-state index contributed by atoms with van der Waals surface area (Å²) >= 11 is 13.0. The number of aromatic nitrogens is 1. The van der Waals surface area contributed by atoms with E-state index in [-0.39, 0.29) is 24.2 Å². The Morgan fingerprint density at radius 2 is 1.81 bits per heavy atom. The number of anilines is 1. The highest BCUT2D eigenvalue weighted by molar-refractivity contribution is 6.39. The van der Waals surface area contributed by atoms with Crippen molar-refractivity contribution in [3.8, 4) is 17.3 Å². The zero-order valence-electron chi connectivity index (χ0n) is 20.1. The van der Waals surface area contributed by atoms with E-state index in [4.69, 9.17) is 37.7 Å². The molecule has 2 aromatic carbocycles. The van der Waals surface area contributed by atoms with Gasteiger partial charge < -0.3 is 19.5 Å². The molecule has 0 radical (unpaired) electrons. The lowest BCUT2D eigenvalue weighted by Crippen LogP contribution is -2.50. The fourth-order valence-corrected chi connectivity index (χ4v) is 6.28. The van der Waals surface area contributed by atoms with Gasteiger partial charge >= 0.3 is 6.03 Å². The molecule has 6 rings (SSSR count). The molecule has 1 saturated carbocycles. The number of nitrogens with zero attached hydrogens (tertiary/aromatic N) is 3. The topological polar surface area (TPSA) is 91.4 Å². The van der Waals surface area contributed by atoms with Gasteiger partial charge in [0.2, 0.25) is 0 Å². The molecule has 2 amide bonds. The quantitative estimate of drug-likeness (QED) is 0.361. The lowest BCUT2D eigenvalue weighted by Gasteiger charge is -2.38. The average Bonchev–Trinajstić information content (AvgIpc) is 3.59. The molecule has 2 aliphatic heterocycles. The molecule has 190 valence electrons. The smallest absolute Gasteiger partial charge is 0.322 e. The SMILES string of the molecule is N#Cc1cccc(NC(=O)N2C3CC[C@H]2CC(OCc2c(-c4c(Cl)cccc4Cl)noc2C2CC2)C3)c1. The number of ether oxygens (including phenoxy) is 1. The number of carbonyl (C=O) groups is 1. The van der Waals surface area contributed by atoms with Crippen LogP contribution in [-0.4, -0.2) is 34.3 Å². The standard InChI is InChI=1S/C28H26Cl2N4O3/c29-23-5-2-6-24(30)25(23)26-22(27(37-33-26)17-7-8-17)15-36-21-12-19-9-10-20(13-21)34(19)28(35)32-18-4-1-3-16(11-18)14-31/h1-6,11,17,19-21H,7-10,12-13,15H2,(H,32,35)/t19-,20?,21?/m0/s1. The number of nitriles is 1. The molecule has 7 nitrogen and oxygen atoms in total. The van der Waals surface area contributed by atoms with Crippen LogP contribution in [0.2, 0.25) is 10.0 Å². The highest BCUT2D eigenvalue weighted by atomic mass is 35.5. The lowest BCUT2D eigenvalue weighted by molar-refractivity contribution is -0.0158. The summed E-state index contributed by atoms with van der Waals surface area (Å²) in [4.78, 5) is 15.1. The van der Waals surface area contributed by atoms with Gasteiger partial charge in [-0.3, -0.25) is 0 Å². The summed E-state index contributed by atoms with van der Waals surface area (Å²) in [5, 5.41) is 17.5. The van der Waals surface area contributed by atoms with Crippen LogP contribution < -0.4 is 5.32 Å². The van der Waals surface area contributed by atoms with Crippen molar-refractivity contribution >= 4 is 34.9 Å². The minimum Gasteiger partial charge on any atom is -0.373 e. The molecule has 3 atom stereocenters. The Morgan fingerprint density at radius 3 is 2.49 bits per heavy atom. The third-order valence-electron chi connectivity index (χ3n) is 7.60. The van der Waals surface area contributed by atoms with E-state index < -0.39 is 0 Å². The molecule has 3 aromatic rings. The average molecular weight is 537 g/mol. The third-order valence-corrected chi connectivity index (χ3v) is 8.23. The first kappa shape index (κ1) is 24.3. The summed E-state index contributed by atoms with van der Waals surface area (Å²) in [5.74, 6) is 1.23. The molecule has 2 saturated heterocycles. The molecule has 37 heavy (non-hydrogen) atoms. The molecule has 3 heterocycles. The number of halogens is 2. The minimum atomic E-state index is -0.119. The summed E-state index contributed by atoms with van der Waals surface area (Å²) in [5.41, 5.74) is 3.39. The van der Waals surface area contributed by atoms with Crippen molar-refractivity contribution < 1.29 is 14.1 Å². The van der Waals surface area contributed by atoms with E-state index in [9.17, 15) is 4.79 Å². The fraction of sp³-hybridized carbons (Fsp3) is 0.393. The third kappa shape index (κ3) is 4.82. The van der Waals surface area contributed by atoms with Gasteiger partial charge in [-0.1, -0.05) is 40.5 Å². The Morgan fingerprint density at radius 1 is 1.11 bits per heavy atom. The minimum absolute atomic E-state index is 0.0278. The van der Waals surface area contributed by atoms with Crippen molar-refractivity contribution in [1.82, 2.24) is 10.1 Å². The zero-order chi connectivity index (χ0) is 25.5. The van der Waals surface area contributed by atoms with Crippen LogP contribution in [0.15, 0.2) is 47.0 Å². The van der Waals surface area contributed by atoms with E-state index in [1.54, 1.807) is 36.4 Å². The maximum absolute atomic E-state index is 13.1. The number of fused-ring (bicyclic) bond motifs is 2. The second kappa shape index (κ2) is 10.0. The van der Waals surface area contributed by atoms with Crippen molar-refractivity contribution in [3.63, 3.8) is 0 Å². The Balaban J connectivity index is 1.15. The van der Waals surface area contributed by atoms with Gasteiger partial charge in [-0.05, 0) is 68.9 Å². The first-order chi connectivity index (χ1) is 18.0. The van der Waals surface area contributed by atoms with Crippen LogP contribution in [0.1, 0.15) is 61.3 Å². The Hall–Kier alpha value is -3.05. The van der Waals surface area contributed by atoms with E-state index in [2.05, 4.69) is 16.5 Å². The van der Waals surface area contributed by atoms with Crippen molar-refractivity contribution in [2.75, 3.05) is 5.32 Å². The number of piperidine rings is 1. The number of urea groups is 1. The van der Waals surface area contributed by atoms with Gasteiger partial charge in [0, 0.05) is 34.8 Å². The van der Waals surface area contributed by atoms with Crippen LogP contribution >= 0.6 is 23.2 Å². The van der Waals surface area contributed by atoms with Crippen LogP contribution in [0.4, 0.5) is 10.5 Å². The van der Waals surface area contributed by atoms with Gasteiger partial charge in [0.1, 0.15) is 11.5 Å². The summed E-state index contributed by atoms with van der Waals surface area (Å²) in [6.07, 6.45) is 5.64. The summed E-state index contributed by atoms with van der Waals surface area (Å²) in [6, 6.07) is 14.6. The van der Waals surface area contributed by atoms with Crippen LogP contribution in [0, 0.1) is 11.3 Å². The summed E-state index contributed by atoms with van der Waals surface area (Å²) < 4.78 is 12.2. The number of nitrogens with one attached hydrogen (secondary N) is 1. The van der Waals surface area contributed by atoms with Crippen molar-refractivity contribution in [2.45, 2.75) is 69.2 Å². The van der Waals surface area contributed by atoms with E-state index in [1.807, 2.05) is 11.0 Å². The van der Waals surface area contributed by atoms with Crippen LogP contribution in [0.25, 0.3) is 11.3 Å². The van der Waals surface area contributed by atoms with Gasteiger partial charge in [-0.15, -0.1) is 0 Å². The Bertz CT molecular complexity index is 1350. The number of amides is 2. The van der Waals surface area contributed by atoms with E-state index in [0.717, 1.165) is 49.8 Å². The highest BCUT2D eigenvalue weighted by Crippen LogP contribution is 2.46. The van der Waals surface area contributed by atoms with E-state index in [1.165, 1.54) is 0 Å². The second-order valence-electron chi connectivity index (χ2n) is 10.1. The van der Waals surface area contributed by atoms with Crippen molar-refractivity contribution in [3.05, 3.63) is 69.4 Å². The number of rotatable bonds is 6. The molecular formula is C28H26Cl2N4O3.